The summed E-state index contributed by atoms with van der Waals surface area (Å²) in [5.74, 6) is 1.61. The van der Waals surface area contributed by atoms with Gasteiger partial charge in [0.25, 0.3) is 0 Å². The molecule has 0 radical (unpaired) electrons. The fourth-order valence-electron chi connectivity index (χ4n) is 2.92. The van der Waals surface area contributed by atoms with Crippen molar-refractivity contribution < 1.29 is 9.47 Å². The van der Waals surface area contributed by atoms with E-state index in [-0.39, 0.29) is 0 Å². The van der Waals surface area contributed by atoms with Crippen molar-refractivity contribution in [3.8, 4) is 11.5 Å². The van der Waals surface area contributed by atoms with Gasteiger partial charge in [0.2, 0.25) is 0 Å². The van der Waals surface area contributed by atoms with Crippen LogP contribution in [-0.2, 0) is 4.87 Å². The molecule has 0 atom stereocenters. The lowest BCUT2D eigenvalue weighted by atomic mass is 9.84. The third kappa shape index (κ3) is 3.35. The predicted octanol–water partition coefficient (Wildman–Crippen LogP) is 5.54. The van der Waals surface area contributed by atoms with Crippen LogP contribution in [0.4, 0.5) is 0 Å². The van der Waals surface area contributed by atoms with Gasteiger partial charge in [-0.1, -0.05) is 54.1 Å². The van der Waals surface area contributed by atoms with Crippen LogP contribution in [0.2, 0.25) is 0 Å². The normalized spacial score (nSPS) is 11.2. The molecule has 3 aromatic rings. The Labute approximate surface area is 154 Å². The molecule has 0 fully saturated rings. The highest BCUT2D eigenvalue weighted by Gasteiger charge is 2.34. The molecular formula is C22H21ClO2. The summed E-state index contributed by atoms with van der Waals surface area (Å²) < 4.78 is 10.6. The number of methoxy groups -OCH3 is 2. The van der Waals surface area contributed by atoms with Gasteiger partial charge in [-0.15, -0.1) is 11.6 Å². The SMILES string of the molecule is COc1ccc(C(Cl)(c2ccc(C)cc2)c2ccc(OC)cc2)cc1. The first kappa shape index (κ1) is 17.4. The van der Waals surface area contributed by atoms with E-state index < -0.39 is 4.87 Å². The van der Waals surface area contributed by atoms with E-state index in [4.69, 9.17) is 21.1 Å². The fourth-order valence-corrected chi connectivity index (χ4v) is 3.30. The predicted molar refractivity (Wildman–Crippen MR) is 103 cm³/mol. The van der Waals surface area contributed by atoms with E-state index in [2.05, 4.69) is 31.2 Å². The maximum atomic E-state index is 7.28. The van der Waals surface area contributed by atoms with Crippen LogP contribution in [0.5, 0.6) is 11.5 Å². The lowest BCUT2D eigenvalue weighted by Crippen LogP contribution is -2.22. The number of hydrogen-bond acceptors (Lipinski definition) is 2. The van der Waals surface area contributed by atoms with E-state index in [1.165, 1.54) is 5.56 Å². The Balaban J connectivity index is 2.16. The quantitative estimate of drug-likeness (QED) is 0.443. The highest BCUT2D eigenvalue weighted by atomic mass is 35.5. The maximum absolute atomic E-state index is 7.28. The first-order valence-corrected chi connectivity index (χ1v) is 8.51. The molecule has 0 saturated heterocycles. The molecule has 0 N–H and O–H groups in total. The standard InChI is InChI=1S/C22H21ClO2/c1-16-4-6-17(7-5-16)22(23,18-8-12-20(24-2)13-9-18)19-10-14-21(25-3)15-11-19/h4-15H,1-3H3. The summed E-state index contributed by atoms with van der Waals surface area (Å²) in [6.07, 6.45) is 0. The van der Waals surface area contributed by atoms with Crippen molar-refractivity contribution in [3.05, 3.63) is 95.1 Å². The summed E-state index contributed by atoms with van der Waals surface area (Å²) in [6, 6.07) is 24.1. The van der Waals surface area contributed by atoms with Crippen molar-refractivity contribution in [2.45, 2.75) is 11.8 Å². The first-order chi connectivity index (χ1) is 12.1. The van der Waals surface area contributed by atoms with Crippen LogP contribution < -0.4 is 9.47 Å². The minimum atomic E-state index is -0.785. The third-order valence-electron chi connectivity index (χ3n) is 4.42. The molecule has 0 aromatic heterocycles. The molecule has 3 heteroatoms. The summed E-state index contributed by atoms with van der Waals surface area (Å²) in [4.78, 5) is -0.785. The fraction of sp³-hybridized carbons (Fsp3) is 0.182. The van der Waals surface area contributed by atoms with Gasteiger partial charge in [-0.3, -0.25) is 0 Å². The van der Waals surface area contributed by atoms with Crippen LogP contribution in [0.3, 0.4) is 0 Å². The van der Waals surface area contributed by atoms with Gasteiger partial charge >= 0.3 is 0 Å². The largest absolute Gasteiger partial charge is 0.497 e. The van der Waals surface area contributed by atoms with Gasteiger partial charge in [-0.2, -0.15) is 0 Å². The van der Waals surface area contributed by atoms with E-state index >= 15 is 0 Å². The van der Waals surface area contributed by atoms with E-state index in [1.807, 2.05) is 48.5 Å². The molecule has 0 heterocycles. The van der Waals surface area contributed by atoms with Crippen LogP contribution in [0.1, 0.15) is 22.3 Å². The maximum Gasteiger partial charge on any atom is 0.119 e. The molecular weight excluding hydrogens is 332 g/mol. The highest BCUT2D eigenvalue weighted by molar-refractivity contribution is 6.28. The second kappa shape index (κ2) is 7.20. The molecule has 0 aliphatic rings. The molecule has 0 unspecified atom stereocenters. The first-order valence-electron chi connectivity index (χ1n) is 8.13. The molecule has 0 aliphatic heterocycles. The van der Waals surface area contributed by atoms with Crippen molar-refractivity contribution in [1.29, 1.82) is 0 Å². The average Bonchev–Trinajstić information content (AvgIpc) is 2.68. The molecule has 0 saturated carbocycles. The Morgan fingerprint density at radius 1 is 0.600 bits per heavy atom. The van der Waals surface area contributed by atoms with Crippen molar-refractivity contribution in [3.63, 3.8) is 0 Å². The molecule has 25 heavy (non-hydrogen) atoms. The average molecular weight is 353 g/mol. The summed E-state index contributed by atoms with van der Waals surface area (Å²) in [5.41, 5.74) is 4.20. The number of ether oxygens (including phenoxy) is 2. The van der Waals surface area contributed by atoms with Gasteiger partial charge in [0.1, 0.15) is 16.4 Å². The number of rotatable bonds is 5. The summed E-state index contributed by atoms with van der Waals surface area (Å²) in [7, 11) is 3.32. The van der Waals surface area contributed by atoms with Crippen LogP contribution in [-0.4, -0.2) is 14.2 Å². The molecule has 3 rings (SSSR count). The van der Waals surface area contributed by atoms with Crippen molar-refractivity contribution in [2.75, 3.05) is 14.2 Å². The second-order valence-electron chi connectivity index (χ2n) is 5.98. The van der Waals surface area contributed by atoms with Crippen LogP contribution in [0.15, 0.2) is 72.8 Å². The molecule has 3 aromatic carbocycles. The Morgan fingerprint density at radius 3 is 1.24 bits per heavy atom. The summed E-state index contributed by atoms with van der Waals surface area (Å²) in [6.45, 7) is 2.07. The minimum absolute atomic E-state index is 0.785. The van der Waals surface area contributed by atoms with Gasteiger partial charge in [0.15, 0.2) is 0 Å². The van der Waals surface area contributed by atoms with Crippen LogP contribution >= 0.6 is 11.6 Å². The smallest absolute Gasteiger partial charge is 0.119 e. The van der Waals surface area contributed by atoms with Gasteiger partial charge in [-0.05, 0) is 47.9 Å². The topological polar surface area (TPSA) is 18.5 Å². The molecule has 2 nitrogen and oxygen atoms in total. The zero-order valence-corrected chi connectivity index (χ0v) is 15.4. The van der Waals surface area contributed by atoms with Gasteiger partial charge in [-0.25, -0.2) is 0 Å². The van der Waals surface area contributed by atoms with Crippen molar-refractivity contribution >= 4 is 11.6 Å². The highest BCUT2D eigenvalue weighted by Crippen LogP contribution is 2.43. The zero-order chi connectivity index (χ0) is 17.9. The number of aryl methyl sites for hydroxylation is 1. The minimum Gasteiger partial charge on any atom is -0.497 e. The molecule has 0 spiro atoms. The van der Waals surface area contributed by atoms with Gasteiger partial charge < -0.3 is 9.47 Å². The molecule has 0 bridgehead atoms. The van der Waals surface area contributed by atoms with Gasteiger partial charge in [0, 0.05) is 0 Å². The molecule has 128 valence electrons. The Morgan fingerprint density at radius 2 is 0.920 bits per heavy atom. The lowest BCUT2D eigenvalue weighted by molar-refractivity contribution is 0.414. The third-order valence-corrected chi connectivity index (χ3v) is 5.08. The number of halogens is 1. The van der Waals surface area contributed by atoms with E-state index in [1.54, 1.807) is 14.2 Å². The van der Waals surface area contributed by atoms with Crippen LogP contribution in [0.25, 0.3) is 0 Å². The van der Waals surface area contributed by atoms with Gasteiger partial charge in [0.05, 0.1) is 14.2 Å². The number of hydrogen-bond donors (Lipinski definition) is 0. The number of benzene rings is 3. The van der Waals surface area contributed by atoms with E-state index in [0.29, 0.717) is 0 Å². The second-order valence-corrected chi connectivity index (χ2v) is 6.55. The Bertz CT molecular complexity index is 774. The van der Waals surface area contributed by atoms with E-state index in [9.17, 15) is 0 Å². The van der Waals surface area contributed by atoms with E-state index in [0.717, 1.165) is 28.2 Å². The Hall–Kier alpha value is -2.45. The zero-order valence-electron chi connectivity index (χ0n) is 14.6. The van der Waals surface area contributed by atoms with Crippen molar-refractivity contribution in [2.24, 2.45) is 0 Å². The molecule has 0 amide bonds. The number of alkyl halides is 1. The summed E-state index contributed by atoms with van der Waals surface area (Å²) >= 11 is 7.28. The van der Waals surface area contributed by atoms with Crippen LogP contribution in [0, 0.1) is 6.92 Å². The van der Waals surface area contributed by atoms with Crippen molar-refractivity contribution in [1.82, 2.24) is 0 Å². The monoisotopic (exact) mass is 352 g/mol. The molecule has 0 aliphatic carbocycles. The lowest BCUT2D eigenvalue weighted by Gasteiger charge is -2.29. The summed E-state index contributed by atoms with van der Waals surface area (Å²) in [5, 5.41) is 0. The Kier molecular flexibility index (Phi) is 5.00.